The van der Waals surface area contributed by atoms with Crippen molar-refractivity contribution in [2.75, 3.05) is 0 Å². The Morgan fingerprint density at radius 1 is 1.10 bits per heavy atom. The number of nitrogens with zero attached hydrogens (tertiary/aromatic N) is 5. The van der Waals surface area contributed by atoms with E-state index in [0.29, 0.717) is 16.3 Å². The first-order valence-electron chi connectivity index (χ1n) is 9.07. The predicted octanol–water partition coefficient (Wildman–Crippen LogP) is 1.56. The Labute approximate surface area is 179 Å². The van der Waals surface area contributed by atoms with E-state index in [9.17, 15) is 14.4 Å². The first kappa shape index (κ1) is 20.2. The first-order valence-corrected chi connectivity index (χ1v) is 9.45. The number of halogens is 1. The lowest BCUT2D eigenvalue weighted by Crippen LogP contribution is -2.40. The smallest absolute Gasteiger partial charge is 0.344 e. The van der Waals surface area contributed by atoms with Gasteiger partial charge in [0.2, 0.25) is 5.82 Å². The first-order chi connectivity index (χ1) is 15.0. The van der Waals surface area contributed by atoms with Crippen LogP contribution < -0.4 is 16.6 Å². The Balaban J connectivity index is 1.64. The molecule has 0 atom stereocenters. The summed E-state index contributed by atoms with van der Waals surface area (Å²) in [4.78, 5) is 41.3. The van der Waals surface area contributed by atoms with Gasteiger partial charge in [-0.15, -0.1) is 0 Å². The molecule has 1 amide bonds. The summed E-state index contributed by atoms with van der Waals surface area (Å²) in [5.41, 5.74) is -0.435. The maximum absolute atomic E-state index is 12.6. The summed E-state index contributed by atoms with van der Waals surface area (Å²) in [5.74, 6) is -1.22. The summed E-state index contributed by atoms with van der Waals surface area (Å²) in [7, 11) is 1.31. The van der Waals surface area contributed by atoms with Crippen LogP contribution in [0.2, 0.25) is 5.02 Å². The fourth-order valence-electron chi connectivity index (χ4n) is 2.76. The van der Waals surface area contributed by atoms with Gasteiger partial charge < -0.3 is 9.84 Å². The van der Waals surface area contributed by atoms with Crippen LogP contribution in [0.5, 0.6) is 0 Å². The van der Waals surface area contributed by atoms with Gasteiger partial charge in [0.05, 0.1) is 5.69 Å². The normalized spacial score (nSPS) is 10.8. The number of carbonyl (C=O) groups excluding carboxylic acids is 1. The van der Waals surface area contributed by atoms with Crippen LogP contribution >= 0.6 is 11.6 Å². The van der Waals surface area contributed by atoms with Crippen LogP contribution in [0.15, 0.2) is 68.7 Å². The summed E-state index contributed by atoms with van der Waals surface area (Å²) >= 11 is 6.07. The molecular formula is C20H15ClN6O4. The second kappa shape index (κ2) is 8.36. The molecule has 2 heterocycles. The Kier molecular flexibility index (Phi) is 5.46. The van der Waals surface area contributed by atoms with Gasteiger partial charge in [-0.25, -0.2) is 4.79 Å². The SMILES string of the molecule is Cn1c(=O)c(-c2noc(C(=O)NCc3ccccc3Cl)n2)nn(-c2ccccc2)c1=O. The van der Waals surface area contributed by atoms with Crippen molar-refractivity contribution in [1.82, 2.24) is 29.8 Å². The number of hydrogen-bond donors (Lipinski definition) is 1. The van der Waals surface area contributed by atoms with Crippen LogP contribution in [0.4, 0.5) is 0 Å². The molecule has 1 N–H and O–H groups in total. The third-order valence-corrected chi connectivity index (χ3v) is 4.77. The highest BCUT2D eigenvalue weighted by Crippen LogP contribution is 2.15. The minimum absolute atomic E-state index is 0.148. The second-order valence-electron chi connectivity index (χ2n) is 6.44. The number of amides is 1. The minimum atomic E-state index is -0.721. The van der Waals surface area contributed by atoms with Crippen LogP contribution in [0.1, 0.15) is 16.2 Å². The van der Waals surface area contributed by atoms with E-state index < -0.39 is 17.2 Å². The molecule has 0 aliphatic heterocycles. The zero-order chi connectivity index (χ0) is 22.0. The third-order valence-electron chi connectivity index (χ3n) is 4.41. The number of hydrogen-bond acceptors (Lipinski definition) is 7. The van der Waals surface area contributed by atoms with Crippen molar-refractivity contribution in [1.29, 1.82) is 0 Å². The van der Waals surface area contributed by atoms with Crippen molar-refractivity contribution in [2.45, 2.75) is 6.54 Å². The van der Waals surface area contributed by atoms with Crippen LogP contribution in [0, 0.1) is 0 Å². The molecule has 31 heavy (non-hydrogen) atoms. The summed E-state index contributed by atoms with van der Waals surface area (Å²) in [5, 5.41) is 10.9. The number of benzene rings is 2. The molecule has 11 heteroatoms. The van der Waals surface area contributed by atoms with Crippen molar-refractivity contribution in [3.8, 4) is 17.2 Å². The third kappa shape index (κ3) is 4.01. The Bertz CT molecular complexity index is 1380. The highest BCUT2D eigenvalue weighted by atomic mass is 35.5. The minimum Gasteiger partial charge on any atom is -0.344 e. The van der Waals surface area contributed by atoms with Crippen molar-refractivity contribution in [3.63, 3.8) is 0 Å². The zero-order valence-electron chi connectivity index (χ0n) is 16.2. The lowest BCUT2D eigenvalue weighted by atomic mass is 10.2. The standard InChI is InChI=1S/C20H15ClN6O4/c1-26-19(29)15(24-27(20(26)30)13-8-3-2-4-9-13)16-23-18(31-25-16)17(28)22-11-12-7-5-6-10-14(12)21/h2-10H,11H2,1H3,(H,22,28). The molecule has 0 saturated carbocycles. The molecule has 0 bridgehead atoms. The van der Waals surface area contributed by atoms with Crippen molar-refractivity contribution >= 4 is 17.5 Å². The number of para-hydroxylation sites is 1. The van der Waals surface area contributed by atoms with Crippen LogP contribution in [-0.2, 0) is 13.6 Å². The quantitative estimate of drug-likeness (QED) is 0.501. The number of rotatable bonds is 5. The molecule has 2 aromatic carbocycles. The van der Waals surface area contributed by atoms with E-state index in [1.54, 1.807) is 54.6 Å². The van der Waals surface area contributed by atoms with Crippen molar-refractivity contribution in [2.24, 2.45) is 7.05 Å². The molecule has 0 aliphatic carbocycles. The number of nitrogens with one attached hydrogen (secondary N) is 1. The lowest BCUT2D eigenvalue weighted by Gasteiger charge is -2.07. The van der Waals surface area contributed by atoms with Gasteiger partial charge in [0.1, 0.15) is 0 Å². The molecule has 0 saturated heterocycles. The Morgan fingerprint density at radius 2 is 1.81 bits per heavy atom. The van der Waals surface area contributed by atoms with Gasteiger partial charge >= 0.3 is 17.5 Å². The Hall–Kier alpha value is -4.05. The summed E-state index contributed by atoms with van der Waals surface area (Å²) in [6, 6.07) is 15.6. The van der Waals surface area contributed by atoms with Gasteiger partial charge in [-0.1, -0.05) is 53.2 Å². The van der Waals surface area contributed by atoms with Crippen molar-refractivity contribution in [3.05, 3.63) is 91.9 Å². The van der Waals surface area contributed by atoms with E-state index in [1.165, 1.54) is 7.05 Å². The number of carbonyl (C=O) groups is 1. The van der Waals surface area contributed by atoms with E-state index in [0.717, 1.165) is 9.25 Å². The Morgan fingerprint density at radius 3 is 2.55 bits per heavy atom. The van der Waals surface area contributed by atoms with Gasteiger partial charge in [0.25, 0.3) is 5.56 Å². The highest BCUT2D eigenvalue weighted by Gasteiger charge is 2.21. The second-order valence-corrected chi connectivity index (χ2v) is 6.85. The fraction of sp³-hybridized carbons (Fsp3) is 0.100. The fourth-order valence-corrected chi connectivity index (χ4v) is 2.96. The van der Waals surface area contributed by atoms with Gasteiger partial charge in [-0.3, -0.25) is 14.2 Å². The van der Waals surface area contributed by atoms with Crippen LogP contribution in [0.25, 0.3) is 17.2 Å². The van der Waals surface area contributed by atoms with E-state index in [2.05, 4.69) is 20.6 Å². The predicted molar refractivity (Wildman–Crippen MR) is 111 cm³/mol. The van der Waals surface area contributed by atoms with E-state index in [4.69, 9.17) is 16.1 Å². The van der Waals surface area contributed by atoms with Gasteiger partial charge in [0.15, 0.2) is 5.69 Å². The van der Waals surface area contributed by atoms with Crippen LogP contribution in [0.3, 0.4) is 0 Å². The molecule has 2 aromatic heterocycles. The molecular weight excluding hydrogens is 424 g/mol. The molecule has 156 valence electrons. The monoisotopic (exact) mass is 438 g/mol. The largest absolute Gasteiger partial charge is 0.351 e. The summed E-state index contributed by atoms with van der Waals surface area (Å²) in [6.07, 6.45) is 0. The van der Waals surface area contributed by atoms with E-state index in [1.807, 2.05) is 0 Å². The zero-order valence-corrected chi connectivity index (χ0v) is 16.9. The van der Waals surface area contributed by atoms with Gasteiger partial charge in [0, 0.05) is 18.6 Å². The van der Waals surface area contributed by atoms with Gasteiger partial charge in [-0.05, 0) is 23.8 Å². The number of aromatic nitrogens is 5. The molecule has 0 fully saturated rings. The lowest BCUT2D eigenvalue weighted by molar-refractivity contribution is 0.0907. The molecule has 0 aliphatic rings. The topological polar surface area (TPSA) is 125 Å². The summed E-state index contributed by atoms with van der Waals surface area (Å²) in [6.45, 7) is 0.148. The molecule has 0 spiro atoms. The average Bonchev–Trinajstić information content (AvgIpc) is 3.28. The highest BCUT2D eigenvalue weighted by molar-refractivity contribution is 6.31. The van der Waals surface area contributed by atoms with E-state index >= 15 is 0 Å². The molecule has 0 unspecified atom stereocenters. The summed E-state index contributed by atoms with van der Waals surface area (Å²) < 4.78 is 6.91. The molecule has 10 nitrogen and oxygen atoms in total. The van der Waals surface area contributed by atoms with Crippen molar-refractivity contribution < 1.29 is 9.32 Å². The van der Waals surface area contributed by atoms with Crippen LogP contribution in [-0.4, -0.2) is 30.4 Å². The molecule has 4 aromatic rings. The molecule has 4 rings (SSSR count). The maximum Gasteiger partial charge on any atom is 0.351 e. The van der Waals surface area contributed by atoms with E-state index in [-0.39, 0.29) is 24.0 Å². The average molecular weight is 439 g/mol. The van der Waals surface area contributed by atoms with Gasteiger partial charge in [-0.2, -0.15) is 14.8 Å². The molecule has 0 radical (unpaired) electrons. The maximum atomic E-state index is 12.6.